The van der Waals surface area contributed by atoms with E-state index in [1.54, 1.807) is 17.1 Å². The first-order chi connectivity index (χ1) is 15.0. The molecular weight excluding hydrogens is 388 g/mol. The molecule has 0 radical (unpaired) electrons. The highest BCUT2D eigenvalue weighted by Crippen LogP contribution is 2.38. The third kappa shape index (κ3) is 4.98. The average Bonchev–Trinajstić information content (AvgIpc) is 3.24. The summed E-state index contributed by atoms with van der Waals surface area (Å²) in [7, 11) is 1.81. The molecule has 0 spiro atoms. The molecule has 7 heteroatoms. The molecule has 3 aromatic heterocycles. The number of rotatable bonds is 6. The van der Waals surface area contributed by atoms with Gasteiger partial charge in [-0.3, -0.25) is 14.5 Å². The Balaban J connectivity index is 1.43. The average molecular weight is 419 g/mol. The third-order valence-corrected chi connectivity index (χ3v) is 6.05. The van der Waals surface area contributed by atoms with E-state index in [-0.39, 0.29) is 11.8 Å². The first-order valence-corrected chi connectivity index (χ1v) is 11.1. The topological polar surface area (TPSA) is 85.6 Å². The summed E-state index contributed by atoms with van der Waals surface area (Å²) in [5.41, 5.74) is 3.70. The summed E-state index contributed by atoms with van der Waals surface area (Å²) >= 11 is 0. The van der Waals surface area contributed by atoms with Crippen LogP contribution >= 0.6 is 0 Å². The number of hydrogen-bond donors (Lipinski definition) is 1. The van der Waals surface area contributed by atoms with Gasteiger partial charge >= 0.3 is 0 Å². The largest absolute Gasteiger partial charge is 0.352 e. The summed E-state index contributed by atoms with van der Waals surface area (Å²) in [6.07, 6.45) is 11.4. The van der Waals surface area contributed by atoms with Crippen LogP contribution in [-0.4, -0.2) is 37.2 Å². The normalized spacial score (nSPS) is 18.8. The van der Waals surface area contributed by atoms with E-state index in [1.165, 1.54) is 0 Å². The molecule has 1 aliphatic carbocycles. The van der Waals surface area contributed by atoms with Gasteiger partial charge in [0.05, 0.1) is 23.1 Å². The molecule has 162 valence electrons. The minimum Gasteiger partial charge on any atom is -0.352 e. The molecule has 1 saturated carbocycles. The van der Waals surface area contributed by atoms with Gasteiger partial charge in [-0.05, 0) is 43.7 Å². The Morgan fingerprint density at radius 3 is 2.61 bits per heavy atom. The van der Waals surface area contributed by atoms with Crippen molar-refractivity contribution >= 4 is 5.91 Å². The van der Waals surface area contributed by atoms with Crippen molar-refractivity contribution in [3.8, 4) is 11.3 Å². The van der Waals surface area contributed by atoms with Gasteiger partial charge in [-0.25, -0.2) is 9.97 Å². The van der Waals surface area contributed by atoms with Crippen LogP contribution in [0.4, 0.5) is 0 Å². The van der Waals surface area contributed by atoms with Gasteiger partial charge in [0.25, 0.3) is 5.91 Å². The molecule has 0 aliphatic heterocycles. The van der Waals surface area contributed by atoms with Crippen molar-refractivity contribution in [1.29, 1.82) is 0 Å². The fourth-order valence-corrected chi connectivity index (χ4v) is 4.24. The zero-order chi connectivity index (χ0) is 21.8. The molecule has 3 heterocycles. The monoisotopic (exact) mass is 418 g/mol. The number of nitrogens with one attached hydrogen (secondary N) is 1. The molecule has 0 saturated heterocycles. The van der Waals surface area contributed by atoms with Crippen molar-refractivity contribution in [3.05, 3.63) is 60.1 Å². The number of carbonyl (C=O) groups excluding carboxylic acids is 1. The number of aryl methyl sites for hydroxylation is 1. The fraction of sp³-hybridized carbons (Fsp3) is 0.458. The van der Waals surface area contributed by atoms with Crippen molar-refractivity contribution in [2.75, 3.05) is 6.54 Å². The van der Waals surface area contributed by atoms with E-state index in [2.05, 4.69) is 34.2 Å². The maximum atomic E-state index is 12.3. The summed E-state index contributed by atoms with van der Waals surface area (Å²) in [6, 6.07) is 5.96. The Labute approximate surface area is 183 Å². The first-order valence-electron chi connectivity index (χ1n) is 11.1. The van der Waals surface area contributed by atoms with Gasteiger partial charge in [0.2, 0.25) is 0 Å². The lowest BCUT2D eigenvalue weighted by molar-refractivity contribution is 0.0942. The maximum absolute atomic E-state index is 12.3. The van der Waals surface area contributed by atoms with E-state index in [0.717, 1.165) is 48.5 Å². The zero-order valence-electron chi connectivity index (χ0n) is 18.5. The van der Waals surface area contributed by atoms with Crippen LogP contribution in [0.15, 0.2) is 43.0 Å². The molecule has 0 unspecified atom stereocenters. The van der Waals surface area contributed by atoms with Gasteiger partial charge in [0.1, 0.15) is 5.82 Å². The number of amides is 1. The Hall–Kier alpha value is -3.09. The predicted molar refractivity (Wildman–Crippen MR) is 120 cm³/mol. The number of pyridine rings is 1. The Kier molecular flexibility index (Phi) is 6.39. The van der Waals surface area contributed by atoms with E-state index in [0.29, 0.717) is 23.9 Å². The van der Waals surface area contributed by atoms with Crippen LogP contribution < -0.4 is 5.32 Å². The zero-order valence-corrected chi connectivity index (χ0v) is 18.5. The molecule has 31 heavy (non-hydrogen) atoms. The summed E-state index contributed by atoms with van der Waals surface area (Å²) in [6.45, 7) is 4.96. The highest BCUT2D eigenvalue weighted by molar-refractivity contribution is 5.93. The number of aromatic nitrogens is 5. The second kappa shape index (κ2) is 9.37. The minimum absolute atomic E-state index is 0.0509. The van der Waals surface area contributed by atoms with Crippen molar-refractivity contribution in [1.82, 2.24) is 30.0 Å². The quantitative estimate of drug-likeness (QED) is 0.651. The van der Waals surface area contributed by atoms with Gasteiger partial charge in [0.15, 0.2) is 0 Å². The fourth-order valence-electron chi connectivity index (χ4n) is 4.24. The minimum atomic E-state index is -0.0509. The Bertz CT molecular complexity index is 1020. The molecule has 7 nitrogen and oxygen atoms in total. The number of carbonyl (C=O) groups is 1. The summed E-state index contributed by atoms with van der Waals surface area (Å²) < 4.78 is 1.65. The van der Waals surface area contributed by atoms with Crippen LogP contribution in [0.5, 0.6) is 0 Å². The van der Waals surface area contributed by atoms with Crippen LogP contribution in [0, 0.1) is 5.92 Å². The lowest BCUT2D eigenvalue weighted by Crippen LogP contribution is -2.31. The van der Waals surface area contributed by atoms with Crippen molar-refractivity contribution in [3.63, 3.8) is 0 Å². The maximum Gasteiger partial charge on any atom is 0.254 e. The van der Waals surface area contributed by atoms with Crippen LogP contribution in [-0.2, 0) is 7.05 Å². The molecule has 0 bridgehead atoms. The molecule has 1 aliphatic rings. The highest BCUT2D eigenvalue weighted by Gasteiger charge is 2.27. The highest BCUT2D eigenvalue weighted by atomic mass is 16.1. The second-order valence-electron chi connectivity index (χ2n) is 8.73. The Morgan fingerprint density at radius 2 is 1.97 bits per heavy atom. The van der Waals surface area contributed by atoms with E-state index >= 15 is 0 Å². The molecule has 1 fully saturated rings. The van der Waals surface area contributed by atoms with Gasteiger partial charge < -0.3 is 5.32 Å². The van der Waals surface area contributed by atoms with Crippen LogP contribution in [0.3, 0.4) is 0 Å². The van der Waals surface area contributed by atoms with Gasteiger partial charge in [-0.15, -0.1) is 0 Å². The Morgan fingerprint density at radius 1 is 1.16 bits per heavy atom. The molecule has 4 rings (SSSR count). The molecule has 0 atom stereocenters. The standard InChI is InChI=1S/C24H30N6O/c1-16(2)23-26-14-20(21-6-4-5-11-25-21)22(29-23)18-9-7-17(8-10-18)12-27-24(31)19-13-28-30(3)15-19/h4-6,11,13-18H,7-10,12H2,1-3H3,(H,27,31). The van der Waals surface area contributed by atoms with Gasteiger partial charge in [-0.2, -0.15) is 5.10 Å². The molecule has 1 N–H and O–H groups in total. The summed E-state index contributed by atoms with van der Waals surface area (Å²) in [5, 5.41) is 7.14. The van der Waals surface area contributed by atoms with Crippen LogP contribution in [0.1, 0.15) is 73.2 Å². The number of nitrogens with zero attached hydrogens (tertiary/aromatic N) is 5. The third-order valence-electron chi connectivity index (χ3n) is 6.05. The van der Waals surface area contributed by atoms with Crippen LogP contribution in [0.25, 0.3) is 11.3 Å². The van der Waals surface area contributed by atoms with E-state index in [9.17, 15) is 4.79 Å². The predicted octanol–water partition coefficient (Wildman–Crippen LogP) is 4.10. The number of hydrogen-bond acceptors (Lipinski definition) is 5. The molecule has 3 aromatic rings. The van der Waals surface area contributed by atoms with Crippen LogP contribution in [0.2, 0.25) is 0 Å². The summed E-state index contributed by atoms with van der Waals surface area (Å²) in [5.74, 6) is 2.01. The van der Waals surface area contributed by atoms with Gasteiger partial charge in [0, 0.05) is 49.6 Å². The SMILES string of the molecule is CC(C)c1ncc(-c2ccccn2)c(C2CCC(CNC(=O)c3cnn(C)c3)CC2)n1. The lowest BCUT2D eigenvalue weighted by atomic mass is 9.79. The van der Waals surface area contributed by atoms with Gasteiger partial charge in [-0.1, -0.05) is 19.9 Å². The molecule has 1 amide bonds. The molecule has 0 aromatic carbocycles. The van der Waals surface area contributed by atoms with E-state index < -0.39 is 0 Å². The van der Waals surface area contributed by atoms with E-state index in [4.69, 9.17) is 4.98 Å². The smallest absolute Gasteiger partial charge is 0.254 e. The second-order valence-corrected chi connectivity index (χ2v) is 8.73. The first kappa shape index (κ1) is 21.2. The summed E-state index contributed by atoms with van der Waals surface area (Å²) in [4.78, 5) is 26.4. The van der Waals surface area contributed by atoms with Crippen molar-refractivity contribution < 1.29 is 4.79 Å². The van der Waals surface area contributed by atoms with E-state index in [1.807, 2.05) is 37.6 Å². The lowest BCUT2D eigenvalue weighted by Gasteiger charge is -2.29. The molecular formula is C24H30N6O. The van der Waals surface area contributed by atoms with Crippen molar-refractivity contribution in [2.45, 2.75) is 51.4 Å². The van der Waals surface area contributed by atoms with Crippen molar-refractivity contribution in [2.24, 2.45) is 13.0 Å².